The zero-order chi connectivity index (χ0) is 28.9. The van der Waals surface area contributed by atoms with Gasteiger partial charge >= 0.3 is 0 Å². The predicted molar refractivity (Wildman–Crippen MR) is 175 cm³/mol. The van der Waals surface area contributed by atoms with Gasteiger partial charge in [-0.25, -0.2) is 0 Å². The van der Waals surface area contributed by atoms with Crippen molar-refractivity contribution in [3.63, 3.8) is 0 Å². The van der Waals surface area contributed by atoms with E-state index < -0.39 is 0 Å². The monoisotopic (exact) mass is 544 g/mol. The van der Waals surface area contributed by atoms with Crippen LogP contribution in [0.5, 0.6) is 23.0 Å². The second-order valence-corrected chi connectivity index (χ2v) is 10.6. The van der Waals surface area contributed by atoms with Gasteiger partial charge < -0.3 is 9.47 Å². The van der Waals surface area contributed by atoms with Gasteiger partial charge in [0, 0.05) is 16.5 Å². The number of allylic oxidation sites excluding steroid dienone is 2. The lowest BCUT2D eigenvalue weighted by atomic mass is 9.68. The maximum Gasteiger partial charge on any atom is 0.134 e. The number of rotatable bonds is 14. The molecule has 0 aromatic heterocycles. The summed E-state index contributed by atoms with van der Waals surface area (Å²) in [7, 11) is 0. The lowest BCUT2D eigenvalue weighted by molar-refractivity contribution is 0.404. The Morgan fingerprint density at radius 3 is 1.29 bits per heavy atom. The first-order valence-electron chi connectivity index (χ1n) is 15.1. The molecule has 0 aliphatic carbocycles. The Morgan fingerprint density at radius 2 is 0.927 bits per heavy atom. The van der Waals surface area contributed by atoms with Crippen LogP contribution in [0.2, 0.25) is 0 Å². The molecule has 0 saturated carbocycles. The van der Waals surface area contributed by atoms with Crippen LogP contribution in [0, 0.1) is 0 Å². The fourth-order valence-corrected chi connectivity index (χ4v) is 5.55. The number of benzene rings is 4. The molecule has 0 heterocycles. The molecule has 0 unspecified atom stereocenters. The van der Waals surface area contributed by atoms with Gasteiger partial charge in [-0.2, -0.15) is 0 Å². The molecule has 0 N–H and O–H groups in total. The quantitative estimate of drug-likeness (QED) is 0.157. The second-order valence-electron chi connectivity index (χ2n) is 10.6. The summed E-state index contributed by atoms with van der Waals surface area (Å²) in [6, 6.07) is 33.9. The summed E-state index contributed by atoms with van der Waals surface area (Å²) in [5, 5.41) is 0. The van der Waals surface area contributed by atoms with Crippen molar-refractivity contribution >= 4 is 12.2 Å². The van der Waals surface area contributed by atoms with E-state index in [9.17, 15) is 0 Å². The maximum atomic E-state index is 6.32. The van der Waals surface area contributed by atoms with Crippen molar-refractivity contribution in [3.8, 4) is 23.0 Å². The van der Waals surface area contributed by atoms with Crippen molar-refractivity contribution in [1.29, 1.82) is 0 Å². The van der Waals surface area contributed by atoms with Gasteiger partial charge in [0.25, 0.3) is 0 Å². The van der Waals surface area contributed by atoms with Crippen LogP contribution in [0.25, 0.3) is 12.2 Å². The molecular weight excluding hydrogens is 500 g/mol. The van der Waals surface area contributed by atoms with E-state index in [4.69, 9.17) is 9.47 Å². The molecule has 4 aromatic carbocycles. The third kappa shape index (κ3) is 7.58. The zero-order valence-corrected chi connectivity index (χ0v) is 25.1. The molecule has 41 heavy (non-hydrogen) atoms. The summed E-state index contributed by atoms with van der Waals surface area (Å²) in [6.45, 7) is 8.62. The SMILES string of the molecule is CC=Cc1ccccc1Oc1ccc(C(CCCC)(CCCC)c2ccc(Oc3ccccc3C=CC)cc2)cc1. The molecule has 0 aliphatic rings. The maximum absolute atomic E-state index is 6.32. The minimum Gasteiger partial charge on any atom is -0.457 e. The van der Waals surface area contributed by atoms with E-state index in [0.717, 1.165) is 47.0 Å². The van der Waals surface area contributed by atoms with Crippen LogP contribution in [0.4, 0.5) is 0 Å². The molecule has 0 saturated heterocycles. The number of hydrogen-bond donors (Lipinski definition) is 0. The van der Waals surface area contributed by atoms with Crippen molar-refractivity contribution in [3.05, 3.63) is 131 Å². The summed E-state index contributed by atoms with van der Waals surface area (Å²) < 4.78 is 12.6. The fraction of sp³-hybridized carbons (Fsp3) is 0.282. The Hall–Kier alpha value is -4.04. The second kappa shape index (κ2) is 15.1. The van der Waals surface area contributed by atoms with Crippen molar-refractivity contribution < 1.29 is 9.47 Å². The first-order valence-corrected chi connectivity index (χ1v) is 15.1. The van der Waals surface area contributed by atoms with Gasteiger partial charge in [0.1, 0.15) is 23.0 Å². The van der Waals surface area contributed by atoms with Gasteiger partial charge in [0.05, 0.1) is 0 Å². The van der Waals surface area contributed by atoms with Crippen molar-refractivity contribution in [2.24, 2.45) is 0 Å². The average Bonchev–Trinajstić information content (AvgIpc) is 3.01. The summed E-state index contributed by atoms with van der Waals surface area (Å²) >= 11 is 0. The molecule has 2 heteroatoms. The molecule has 0 atom stereocenters. The van der Waals surface area contributed by atoms with Crippen LogP contribution < -0.4 is 9.47 Å². The molecule has 0 aliphatic heterocycles. The van der Waals surface area contributed by atoms with Crippen LogP contribution in [-0.4, -0.2) is 0 Å². The highest BCUT2D eigenvalue weighted by atomic mass is 16.5. The number of para-hydroxylation sites is 2. The Labute approximate surface area is 247 Å². The normalized spacial score (nSPS) is 11.8. The van der Waals surface area contributed by atoms with Crippen LogP contribution in [0.15, 0.2) is 109 Å². The van der Waals surface area contributed by atoms with Gasteiger partial charge in [-0.3, -0.25) is 0 Å². The van der Waals surface area contributed by atoms with E-state index in [1.807, 2.05) is 62.4 Å². The molecule has 0 fully saturated rings. The molecule has 212 valence electrons. The topological polar surface area (TPSA) is 18.5 Å². The van der Waals surface area contributed by atoms with E-state index in [2.05, 4.69) is 86.7 Å². The highest BCUT2D eigenvalue weighted by molar-refractivity contribution is 5.59. The van der Waals surface area contributed by atoms with Crippen LogP contribution >= 0.6 is 0 Å². The zero-order valence-electron chi connectivity index (χ0n) is 25.1. The van der Waals surface area contributed by atoms with Crippen LogP contribution in [0.3, 0.4) is 0 Å². The Balaban J connectivity index is 1.66. The summed E-state index contributed by atoms with van der Waals surface area (Å²) in [5.74, 6) is 3.45. The molecular formula is C39H44O2. The highest BCUT2D eigenvalue weighted by Gasteiger charge is 2.33. The largest absolute Gasteiger partial charge is 0.457 e. The Kier molecular flexibility index (Phi) is 11.0. The third-order valence-electron chi connectivity index (χ3n) is 7.71. The van der Waals surface area contributed by atoms with E-state index in [1.165, 1.54) is 36.8 Å². The van der Waals surface area contributed by atoms with Gasteiger partial charge in [-0.15, -0.1) is 0 Å². The summed E-state index contributed by atoms with van der Waals surface area (Å²) in [5.41, 5.74) is 4.79. The fourth-order valence-electron chi connectivity index (χ4n) is 5.55. The lowest BCUT2D eigenvalue weighted by Crippen LogP contribution is -2.28. The third-order valence-corrected chi connectivity index (χ3v) is 7.71. The molecule has 4 aromatic rings. The molecule has 4 rings (SSSR count). The van der Waals surface area contributed by atoms with E-state index in [0.29, 0.717) is 0 Å². The summed E-state index contributed by atoms with van der Waals surface area (Å²) in [6.07, 6.45) is 15.1. The number of unbranched alkanes of at least 4 members (excludes halogenated alkanes) is 2. The van der Waals surface area contributed by atoms with Gasteiger partial charge in [-0.05, 0) is 74.2 Å². The minimum absolute atomic E-state index is 0.0607. The molecule has 0 amide bonds. The predicted octanol–water partition coefficient (Wildman–Crippen LogP) is 12.0. The van der Waals surface area contributed by atoms with E-state index >= 15 is 0 Å². The van der Waals surface area contributed by atoms with Crippen molar-refractivity contribution in [2.45, 2.75) is 71.6 Å². The Morgan fingerprint density at radius 1 is 0.537 bits per heavy atom. The summed E-state index contributed by atoms with van der Waals surface area (Å²) in [4.78, 5) is 0. The lowest BCUT2D eigenvalue weighted by Gasteiger charge is -2.36. The van der Waals surface area contributed by atoms with E-state index in [-0.39, 0.29) is 5.41 Å². The standard InChI is InChI=1S/C39H44O2/c1-5-9-29-39(30-10-6-2,33-21-25-35(26-22-33)40-37-19-13-11-17-31(37)15-7-3)34-23-27-36(28-24-34)41-38-20-14-12-18-32(38)16-8-4/h7-8,11-28H,5-6,9-10,29-30H2,1-4H3. The van der Waals surface area contributed by atoms with Gasteiger partial charge in [0.15, 0.2) is 0 Å². The molecule has 2 nitrogen and oxygen atoms in total. The molecule has 0 bridgehead atoms. The van der Waals surface area contributed by atoms with Gasteiger partial charge in [0.2, 0.25) is 0 Å². The van der Waals surface area contributed by atoms with Crippen molar-refractivity contribution in [1.82, 2.24) is 0 Å². The van der Waals surface area contributed by atoms with Crippen LogP contribution in [0.1, 0.15) is 88.5 Å². The Bertz CT molecular complexity index is 1300. The average molecular weight is 545 g/mol. The first-order chi connectivity index (χ1) is 20.1. The molecule has 0 spiro atoms. The highest BCUT2D eigenvalue weighted by Crippen LogP contribution is 2.43. The molecule has 0 radical (unpaired) electrons. The van der Waals surface area contributed by atoms with E-state index in [1.54, 1.807) is 0 Å². The smallest absolute Gasteiger partial charge is 0.134 e. The first kappa shape index (κ1) is 29.9. The van der Waals surface area contributed by atoms with Crippen molar-refractivity contribution in [2.75, 3.05) is 0 Å². The van der Waals surface area contributed by atoms with Crippen LogP contribution in [-0.2, 0) is 5.41 Å². The number of hydrogen-bond acceptors (Lipinski definition) is 2. The van der Waals surface area contributed by atoms with Gasteiger partial charge in [-0.1, -0.05) is 124 Å². The number of ether oxygens (including phenoxy) is 2. The minimum atomic E-state index is -0.0607.